The highest BCUT2D eigenvalue weighted by molar-refractivity contribution is 9.09. The predicted octanol–water partition coefficient (Wildman–Crippen LogP) is 6.83. The van der Waals surface area contributed by atoms with Crippen molar-refractivity contribution in [3.05, 3.63) is 0 Å². The van der Waals surface area contributed by atoms with Gasteiger partial charge >= 0.3 is 0 Å². The fourth-order valence-corrected chi connectivity index (χ4v) is 4.01. The molecular weight excluding hydrogens is 335 g/mol. The third-order valence-corrected chi connectivity index (χ3v) is 5.93. The summed E-state index contributed by atoms with van der Waals surface area (Å²) >= 11 is 15.6. The lowest BCUT2D eigenvalue weighted by molar-refractivity contribution is 0.563. The van der Waals surface area contributed by atoms with E-state index in [-0.39, 0.29) is 0 Å². The first-order chi connectivity index (χ1) is 8.06. The zero-order valence-corrected chi connectivity index (χ0v) is 15.2. The van der Waals surface area contributed by atoms with E-state index in [9.17, 15) is 0 Å². The van der Waals surface area contributed by atoms with Crippen LogP contribution < -0.4 is 0 Å². The molecule has 0 saturated carbocycles. The molecule has 104 valence electrons. The van der Waals surface area contributed by atoms with Gasteiger partial charge < -0.3 is 0 Å². The van der Waals surface area contributed by atoms with E-state index in [4.69, 9.17) is 22.2 Å². The lowest BCUT2D eigenvalue weighted by Crippen LogP contribution is -2.11. The van der Waals surface area contributed by atoms with Crippen LogP contribution in [0.15, 0.2) is 0 Å². The molecule has 0 aromatic heterocycles. The third-order valence-electron chi connectivity index (χ3n) is 3.00. The topological polar surface area (TPSA) is 0 Å². The molecule has 0 heterocycles. The highest BCUT2D eigenvalue weighted by Gasteiger charge is 2.19. The van der Waals surface area contributed by atoms with Gasteiger partial charge in [0.1, 0.15) is 0 Å². The Balaban J connectivity index is 2.99. The van der Waals surface area contributed by atoms with Gasteiger partial charge in [0.25, 0.3) is 0 Å². The Morgan fingerprint density at radius 3 is 1.41 bits per heavy atom. The molecule has 0 aliphatic rings. The normalized spacial score (nSPS) is 12.0. The molecule has 0 atom stereocenters. The van der Waals surface area contributed by atoms with Crippen molar-refractivity contribution in [2.45, 2.75) is 76.8 Å². The van der Waals surface area contributed by atoms with Crippen molar-refractivity contribution >= 4 is 44.8 Å². The first kappa shape index (κ1) is 18.3. The van der Waals surface area contributed by atoms with Crippen molar-refractivity contribution in [1.29, 1.82) is 0 Å². The van der Waals surface area contributed by atoms with Gasteiger partial charge in [0.2, 0.25) is 6.69 Å². The molecule has 0 nitrogen and oxygen atoms in total. The van der Waals surface area contributed by atoms with E-state index in [1.807, 2.05) is 6.55 Å². The van der Waals surface area contributed by atoms with Gasteiger partial charge in [-0.2, -0.15) is 0 Å². The summed E-state index contributed by atoms with van der Waals surface area (Å²) in [6.07, 6.45) is 13.7. The Kier molecular flexibility index (Phi) is 13.2. The molecular formula is C13H27BrCl2Si. The van der Waals surface area contributed by atoms with Gasteiger partial charge in [-0.05, 0) is 19.0 Å². The molecule has 0 bridgehead atoms. The molecule has 0 saturated heterocycles. The largest absolute Gasteiger partial charge is 0.248 e. The lowest BCUT2D eigenvalue weighted by Gasteiger charge is -2.09. The quantitative estimate of drug-likeness (QED) is 0.154. The Morgan fingerprint density at radius 1 is 0.706 bits per heavy atom. The van der Waals surface area contributed by atoms with E-state index >= 15 is 0 Å². The fraction of sp³-hybridized carbons (Fsp3) is 1.00. The van der Waals surface area contributed by atoms with Crippen LogP contribution in [-0.4, -0.2) is 12.0 Å². The maximum atomic E-state index is 6.06. The summed E-state index contributed by atoms with van der Waals surface area (Å²) in [5.41, 5.74) is 0. The molecule has 0 aromatic rings. The van der Waals surface area contributed by atoms with E-state index in [0.717, 1.165) is 11.4 Å². The monoisotopic (exact) mass is 360 g/mol. The van der Waals surface area contributed by atoms with Gasteiger partial charge in [-0.3, -0.25) is 0 Å². The minimum Gasteiger partial charge on any atom is -0.146 e. The summed E-state index contributed by atoms with van der Waals surface area (Å²) < 4.78 is 0. The minimum absolute atomic E-state index is 1.06. The van der Waals surface area contributed by atoms with Gasteiger partial charge in [-0.1, -0.05) is 73.7 Å². The van der Waals surface area contributed by atoms with E-state index in [1.54, 1.807) is 0 Å². The summed E-state index contributed by atoms with van der Waals surface area (Å²) in [6.45, 7) is 0.206. The second kappa shape index (κ2) is 12.3. The summed E-state index contributed by atoms with van der Waals surface area (Å²) in [5.74, 6) is 0. The average Bonchev–Trinajstić information content (AvgIpc) is 2.24. The predicted molar refractivity (Wildman–Crippen MR) is 88.1 cm³/mol. The number of hydrogen-bond donors (Lipinski definition) is 0. The van der Waals surface area contributed by atoms with Crippen LogP contribution >= 0.6 is 38.1 Å². The highest BCUT2D eigenvalue weighted by atomic mass is 79.9. The first-order valence-corrected chi connectivity index (χ1v) is 12.9. The zero-order chi connectivity index (χ0) is 13.0. The minimum atomic E-state index is -1.81. The third kappa shape index (κ3) is 17.3. The molecule has 0 aromatic carbocycles. The summed E-state index contributed by atoms with van der Waals surface area (Å²) in [4.78, 5) is 0. The molecule has 0 radical (unpaired) electrons. The molecule has 0 aliphatic carbocycles. The van der Waals surface area contributed by atoms with Crippen LogP contribution in [0.5, 0.6) is 0 Å². The maximum Gasteiger partial charge on any atom is 0.248 e. The molecule has 0 rings (SSSR count). The summed E-state index contributed by atoms with van der Waals surface area (Å²) in [6, 6.07) is 1.06. The van der Waals surface area contributed by atoms with Crippen LogP contribution in [0.1, 0.15) is 64.2 Å². The smallest absolute Gasteiger partial charge is 0.146 e. The second-order valence-electron chi connectivity index (χ2n) is 5.04. The molecule has 0 aliphatic heterocycles. The number of rotatable bonds is 12. The van der Waals surface area contributed by atoms with E-state index in [2.05, 4.69) is 15.9 Å². The lowest BCUT2D eigenvalue weighted by atomic mass is 10.1. The van der Waals surface area contributed by atoms with Crippen molar-refractivity contribution in [3.8, 4) is 0 Å². The number of hydrogen-bond acceptors (Lipinski definition) is 0. The molecule has 0 N–H and O–H groups in total. The van der Waals surface area contributed by atoms with Gasteiger partial charge in [0, 0.05) is 5.33 Å². The average molecular weight is 362 g/mol. The SMILES string of the molecule is C[Si](Cl)(Cl)CCCCCCCCCCCCBr. The van der Waals surface area contributed by atoms with Crippen molar-refractivity contribution in [1.82, 2.24) is 0 Å². The molecule has 17 heavy (non-hydrogen) atoms. The standard InChI is InChI=1S/C13H27BrCl2Si/c1-17(15,16)13-11-9-7-5-3-2-4-6-8-10-12-14/h2-13H2,1H3. The summed E-state index contributed by atoms with van der Waals surface area (Å²) in [7, 11) is 0. The maximum absolute atomic E-state index is 6.06. The van der Waals surface area contributed by atoms with Gasteiger partial charge in [0.05, 0.1) is 0 Å². The highest BCUT2D eigenvalue weighted by Crippen LogP contribution is 2.23. The molecule has 4 heteroatoms. The van der Waals surface area contributed by atoms with Crippen molar-refractivity contribution in [2.24, 2.45) is 0 Å². The fourth-order valence-electron chi connectivity index (χ4n) is 1.94. The Morgan fingerprint density at radius 2 is 1.06 bits per heavy atom. The van der Waals surface area contributed by atoms with Gasteiger partial charge in [0.15, 0.2) is 0 Å². The van der Waals surface area contributed by atoms with E-state index < -0.39 is 6.69 Å². The number of alkyl halides is 1. The molecule has 0 unspecified atom stereocenters. The van der Waals surface area contributed by atoms with Crippen LogP contribution in [0.2, 0.25) is 12.6 Å². The van der Waals surface area contributed by atoms with Gasteiger partial charge in [-0.25, -0.2) is 0 Å². The van der Waals surface area contributed by atoms with Crippen LogP contribution in [-0.2, 0) is 0 Å². The Bertz CT molecular complexity index is 160. The first-order valence-electron chi connectivity index (χ1n) is 7.00. The van der Waals surface area contributed by atoms with Crippen molar-refractivity contribution < 1.29 is 0 Å². The Hall–Kier alpha value is 1.28. The van der Waals surface area contributed by atoms with Crippen LogP contribution in [0.25, 0.3) is 0 Å². The van der Waals surface area contributed by atoms with Crippen LogP contribution in [0, 0.1) is 0 Å². The number of unbranched alkanes of at least 4 members (excludes halogenated alkanes) is 9. The van der Waals surface area contributed by atoms with Crippen LogP contribution in [0.4, 0.5) is 0 Å². The molecule has 0 fully saturated rings. The van der Waals surface area contributed by atoms with Crippen molar-refractivity contribution in [3.63, 3.8) is 0 Å². The second-order valence-corrected chi connectivity index (χ2v) is 14.1. The molecule has 0 spiro atoms. The molecule has 0 amide bonds. The van der Waals surface area contributed by atoms with E-state index in [1.165, 1.54) is 64.2 Å². The van der Waals surface area contributed by atoms with Crippen molar-refractivity contribution in [2.75, 3.05) is 5.33 Å². The van der Waals surface area contributed by atoms with E-state index in [0.29, 0.717) is 0 Å². The van der Waals surface area contributed by atoms with Crippen LogP contribution in [0.3, 0.4) is 0 Å². The summed E-state index contributed by atoms with van der Waals surface area (Å²) in [5, 5.41) is 1.16. The number of halogens is 3. The van der Waals surface area contributed by atoms with Gasteiger partial charge in [-0.15, -0.1) is 22.2 Å². The zero-order valence-electron chi connectivity index (χ0n) is 11.1. The Labute approximate surface area is 126 Å².